The molecule has 29 heavy (non-hydrogen) atoms. The van der Waals surface area contributed by atoms with Crippen LogP contribution >= 0.6 is 0 Å². The molecule has 3 rings (SSSR count). The average Bonchev–Trinajstić information content (AvgIpc) is 2.74. The fourth-order valence-electron chi connectivity index (χ4n) is 3.40. The van der Waals surface area contributed by atoms with Crippen molar-refractivity contribution in [2.45, 2.75) is 44.6 Å². The zero-order valence-corrected chi connectivity index (χ0v) is 17.2. The maximum Gasteiger partial charge on any atom is 0.324 e. The SMILES string of the molecule is O=C(OCCCCc1ccccc1)C1CCCCN1S(=O)(=O)Nc1cccnc1. The normalized spacial score (nSPS) is 17.6. The number of unbranched alkanes of at least 4 members (excludes halogenated alkanes) is 1. The molecule has 2 heterocycles. The van der Waals surface area contributed by atoms with Gasteiger partial charge in [0.2, 0.25) is 0 Å². The second kappa shape index (κ2) is 10.4. The number of carbonyl (C=O) groups is 1. The second-order valence-electron chi connectivity index (χ2n) is 7.08. The number of hydrogen-bond acceptors (Lipinski definition) is 5. The molecule has 1 atom stereocenters. The molecule has 8 heteroatoms. The van der Waals surface area contributed by atoms with Crippen molar-refractivity contribution in [1.29, 1.82) is 0 Å². The first kappa shape index (κ1) is 21.3. The number of aryl methyl sites for hydroxylation is 1. The molecule has 1 aromatic carbocycles. The van der Waals surface area contributed by atoms with Gasteiger partial charge in [-0.05, 0) is 56.2 Å². The van der Waals surface area contributed by atoms with E-state index < -0.39 is 22.2 Å². The number of pyridine rings is 1. The predicted molar refractivity (Wildman–Crippen MR) is 111 cm³/mol. The highest BCUT2D eigenvalue weighted by molar-refractivity contribution is 7.90. The van der Waals surface area contributed by atoms with Crippen LogP contribution in [0.1, 0.15) is 37.7 Å². The Balaban J connectivity index is 1.51. The molecule has 0 spiro atoms. The maximum atomic E-state index is 12.8. The van der Waals surface area contributed by atoms with Crippen LogP contribution in [0.25, 0.3) is 0 Å². The number of rotatable bonds is 9. The van der Waals surface area contributed by atoms with Gasteiger partial charge in [0.05, 0.1) is 18.5 Å². The highest BCUT2D eigenvalue weighted by atomic mass is 32.2. The molecule has 1 aliphatic heterocycles. The predicted octanol–water partition coefficient (Wildman–Crippen LogP) is 3.16. The lowest BCUT2D eigenvalue weighted by atomic mass is 10.1. The number of anilines is 1. The first-order valence-corrected chi connectivity index (χ1v) is 11.4. The van der Waals surface area contributed by atoms with Crippen LogP contribution in [0.5, 0.6) is 0 Å². The number of benzene rings is 1. The Morgan fingerprint density at radius 1 is 1.14 bits per heavy atom. The van der Waals surface area contributed by atoms with Crippen molar-refractivity contribution in [2.24, 2.45) is 0 Å². The lowest BCUT2D eigenvalue weighted by Gasteiger charge is -2.33. The molecule has 0 saturated carbocycles. The van der Waals surface area contributed by atoms with Crippen LogP contribution < -0.4 is 4.72 Å². The van der Waals surface area contributed by atoms with Gasteiger partial charge >= 0.3 is 16.2 Å². The third-order valence-electron chi connectivity index (χ3n) is 4.89. The third kappa shape index (κ3) is 6.27. The Bertz CT molecular complexity index is 875. The minimum absolute atomic E-state index is 0.295. The largest absolute Gasteiger partial charge is 0.464 e. The van der Waals surface area contributed by atoms with Crippen LogP contribution in [-0.4, -0.2) is 42.9 Å². The van der Waals surface area contributed by atoms with Crippen molar-refractivity contribution < 1.29 is 17.9 Å². The monoisotopic (exact) mass is 417 g/mol. The number of ether oxygens (including phenoxy) is 1. The summed E-state index contributed by atoms with van der Waals surface area (Å²) in [7, 11) is -3.86. The highest BCUT2D eigenvalue weighted by Gasteiger charge is 2.37. The Morgan fingerprint density at radius 3 is 2.72 bits per heavy atom. The summed E-state index contributed by atoms with van der Waals surface area (Å²) in [4.78, 5) is 16.5. The number of carbonyl (C=O) groups excluding carboxylic acids is 1. The molecule has 0 bridgehead atoms. The van der Waals surface area contributed by atoms with Gasteiger partial charge in [0.25, 0.3) is 0 Å². The van der Waals surface area contributed by atoms with Gasteiger partial charge in [0.15, 0.2) is 0 Å². The van der Waals surface area contributed by atoms with Crippen molar-refractivity contribution >= 4 is 21.9 Å². The maximum absolute atomic E-state index is 12.8. The summed E-state index contributed by atoms with van der Waals surface area (Å²) in [5.74, 6) is -0.471. The Morgan fingerprint density at radius 2 is 1.97 bits per heavy atom. The summed E-state index contributed by atoms with van der Waals surface area (Å²) in [5, 5.41) is 0. The zero-order valence-electron chi connectivity index (χ0n) is 16.4. The molecule has 1 aliphatic rings. The molecule has 1 saturated heterocycles. The number of nitrogens with one attached hydrogen (secondary N) is 1. The summed E-state index contributed by atoms with van der Waals surface area (Å²) in [6.07, 6.45) is 7.56. The Labute approximate surface area is 172 Å². The molecule has 0 radical (unpaired) electrons. The smallest absolute Gasteiger partial charge is 0.324 e. The van der Waals surface area contributed by atoms with Gasteiger partial charge in [-0.2, -0.15) is 12.7 Å². The number of nitrogens with zero attached hydrogens (tertiary/aromatic N) is 2. The van der Waals surface area contributed by atoms with Crippen LogP contribution in [0.4, 0.5) is 5.69 Å². The van der Waals surface area contributed by atoms with E-state index in [1.165, 1.54) is 16.1 Å². The van der Waals surface area contributed by atoms with E-state index in [0.717, 1.165) is 32.1 Å². The van der Waals surface area contributed by atoms with E-state index >= 15 is 0 Å². The van der Waals surface area contributed by atoms with Crippen molar-refractivity contribution in [3.63, 3.8) is 0 Å². The van der Waals surface area contributed by atoms with E-state index in [-0.39, 0.29) is 0 Å². The molecular weight excluding hydrogens is 390 g/mol. The lowest BCUT2D eigenvalue weighted by Crippen LogP contribution is -2.50. The Kier molecular flexibility index (Phi) is 7.60. The molecule has 7 nitrogen and oxygen atoms in total. The van der Waals surface area contributed by atoms with E-state index in [4.69, 9.17) is 4.74 Å². The molecule has 1 unspecified atom stereocenters. The molecule has 1 N–H and O–H groups in total. The fourth-order valence-corrected chi connectivity index (χ4v) is 4.84. The van der Waals surface area contributed by atoms with E-state index in [2.05, 4.69) is 21.8 Å². The van der Waals surface area contributed by atoms with Crippen LogP contribution in [-0.2, 0) is 26.2 Å². The van der Waals surface area contributed by atoms with E-state index in [1.54, 1.807) is 18.3 Å². The Hall–Kier alpha value is -2.45. The first-order valence-electron chi connectivity index (χ1n) is 9.96. The standard InChI is InChI=1S/C21H27N3O4S/c25-21(28-16-7-5-11-18-9-2-1-3-10-18)20-13-4-6-15-24(20)29(26,27)23-19-12-8-14-22-17-19/h1-3,8-10,12,14,17,20,23H,4-7,11,13,15-16H2. The van der Waals surface area contributed by atoms with E-state index in [9.17, 15) is 13.2 Å². The molecule has 2 aromatic rings. The van der Waals surface area contributed by atoms with Crippen molar-refractivity contribution in [3.05, 3.63) is 60.4 Å². The first-order chi connectivity index (χ1) is 14.1. The molecule has 156 valence electrons. The van der Waals surface area contributed by atoms with Gasteiger partial charge in [-0.25, -0.2) is 0 Å². The fraction of sp³-hybridized carbons (Fsp3) is 0.429. The lowest BCUT2D eigenvalue weighted by molar-refractivity contribution is -0.149. The number of esters is 1. The van der Waals surface area contributed by atoms with Gasteiger partial charge in [-0.3, -0.25) is 14.5 Å². The third-order valence-corrected chi connectivity index (χ3v) is 6.44. The number of hydrogen-bond donors (Lipinski definition) is 1. The number of piperidine rings is 1. The summed E-state index contributed by atoms with van der Waals surface area (Å²) >= 11 is 0. The molecule has 0 aliphatic carbocycles. The van der Waals surface area contributed by atoms with Gasteiger partial charge in [-0.1, -0.05) is 30.3 Å². The molecule has 1 aromatic heterocycles. The van der Waals surface area contributed by atoms with Gasteiger partial charge in [0.1, 0.15) is 6.04 Å². The summed E-state index contributed by atoms with van der Waals surface area (Å²) in [5.41, 5.74) is 1.62. The van der Waals surface area contributed by atoms with Crippen LogP contribution in [0, 0.1) is 0 Å². The summed E-state index contributed by atoms with van der Waals surface area (Å²) < 4.78 is 34.7. The van der Waals surface area contributed by atoms with Crippen LogP contribution in [0.3, 0.4) is 0 Å². The van der Waals surface area contributed by atoms with Crippen molar-refractivity contribution in [3.8, 4) is 0 Å². The zero-order chi connectivity index (χ0) is 20.5. The second-order valence-corrected chi connectivity index (χ2v) is 8.70. The van der Waals surface area contributed by atoms with E-state index in [0.29, 0.717) is 25.3 Å². The van der Waals surface area contributed by atoms with Crippen molar-refractivity contribution in [2.75, 3.05) is 17.9 Å². The minimum atomic E-state index is -3.86. The van der Waals surface area contributed by atoms with Gasteiger partial charge in [0, 0.05) is 12.7 Å². The van der Waals surface area contributed by atoms with Crippen LogP contribution in [0.2, 0.25) is 0 Å². The quantitative estimate of drug-likeness (QED) is 0.500. The highest BCUT2D eigenvalue weighted by Crippen LogP contribution is 2.23. The number of aromatic nitrogens is 1. The van der Waals surface area contributed by atoms with Gasteiger partial charge in [-0.15, -0.1) is 0 Å². The van der Waals surface area contributed by atoms with Gasteiger partial charge < -0.3 is 4.74 Å². The topological polar surface area (TPSA) is 88.6 Å². The summed E-state index contributed by atoms with van der Waals surface area (Å²) in [6, 6.07) is 12.6. The molecular formula is C21H27N3O4S. The van der Waals surface area contributed by atoms with Crippen molar-refractivity contribution in [1.82, 2.24) is 9.29 Å². The summed E-state index contributed by atoms with van der Waals surface area (Å²) in [6.45, 7) is 0.593. The van der Waals surface area contributed by atoms with E-state index in [1.807, 2.05) is 18.2 Å². The minimum Gasteiger partial charge on any atom is -0.464 e. The molecule has 0 amide bonds. The van der Waals surface area contributed by atoms with Crippen LogP contribution in [0.15, 0.2) is 54.9 Å². The molecule has 1 fully saturated rings. The average molecular weight is 418 g/mol.